The maximum absolute atomic E-state index is 11.8. The number of rotatable bonds is 6. The van der Waals surface area contributed by atoms with Crippen LogP contribution in [-0.4, -0.2) is 26.2 Å². The van der Waals surface area contributed by atoms with Crippen LogP contribution in [0.5, 0.6) is 0 Å². The summed E-state index contributed by atoms with van der Waals surface area (Å²) in [5.41, 5.74) is 2.45. The molecule has 1 aliphatic rings. The van der Waals surface area contributed by atoms with Crippen molar-refractivity contribution in [2.24, 2.45) is 5.41 Å². The van der Waals surface area contributed by atoms with Crippen molar-refractivity contribution in [3.63, 3.8) is 0 Å². The molecule has 0 saturated heterocycles. The van der Waals surface area contributed by atoms with Crippen LogP contribution in [0.2, 0.25) is 0 Å². The van der Waals surface area contributed by atoms with E-state index in [2.05, 4.69) is 36.5 Å². The molecule has 0 unspecified atom stereocenters. The minimum absolute atomic E-state index is 0.0536. The van der Waals surface area contributed by atoms with E-state index in [-0.39, 0.29) is 11.4 Å². The molecule has 1 aromatic rings. The van der Waals surface area contributed by atoms with E-state index in [0.717, 1.165) is 38.8 Å². The second-order valence-corrected chi connectivity index (χ2v) is 5.48. The zero-order chi connectivity index (χ0) is 13.7. The van der Waals surface area contributed by atoms with Crippen molar-refractivity contribution in [1.82, 2.24) is 5.32 Å². The van der Waals surface area contributed by atoms with Gasteiger partial charge >= 0.3 is 5.97 Å². The second-order valence-electron chi connectivity index (χ2n) is 5.48. The van der Waals surface area contributed by atoms with Crippen molar-refractivity contribution in [1.29, 1.82) is 0 Å². The highest BCUT2D eigenvalue weighted by Crippen LogP contribution is 2.41. The molecule has 0 atom stereocenters. The van der Waals surface area contributed by atoms with Gasteiger partial charge < -0.3 is 10.1 Å². The minimum Gasteiger partial charge on any atom is -0.469 e. The summed E-state index contributed by atoms with van der Waals surface area (Å²) in [4.78, 5) is 11.8. The summed E-state index contributed by atoms with van der Waals surface area (Å²) in [5, 5.41) is 3.42. The molecule has 1 aromatic carbocycles. The predicted molar refractivity (Wildman–Crippen MR) is 76.1 cm³/mol. The van der Waals surface area contributed by atoms with Gasteiger partial charge in [0.25, 0.3) is 0 Å². The number of hydrogen-bond donors (Lipinski definition) is 1. The number of nitrogens with one attached hydrogen (secondary N) is 1. The minimum atomic E-state index is -0.250. The SMILES string of the molecule is COC(=O)C1(CNCCc2ccccc2C)CCC1. The Labute approximate surface area is 115 Å². The molecule has 104 valence electrons. The molecule has 3 nitrogen and oxygen atoms in total. The first-order valence-corrected chi connectivity index (χ1v) is 7.02. The Hall–Kier alpha value is -1.35. The molecule has 1 fully saturated rings. The molecule has 0 aromatic heterocycles. The first-order valence-electron chi connectivity index (χ1n) is 7.02. The molecule has 0 aliphatic heterocycles. The summed E-state index contributed by atoms with van der Waals surface area (Å²) in [7, 11) is 1.48. The predicted octanol–water partition coefficient (Wildman–Crippen LogP) is 2.47. The van der Waals surface area contributed by atoms with Gasteiger partial charge in [-0.2, -0.15) is 0 Å². The Kier molecular flexibility index (Phi) is 4.59. The lowest BCUT2D eigenvalue weighted by atomic mass is 9.68. The van der Waals surface area contributed by atoms with Crippen LogP contribution < -0.4 is 5.32 Å². The third kappa shape index (κ3) is 3.16. The van der Waals surface area contributed by atoms with E-state index in [1.807, 2.05) is 0 Å². The van der Waals surface area contributed by atoms with E-state index < -0.39 is 0 Å². The van der Waals surface area contributed by atoms with Gasteiger partial charge in [-0.25, -0.2) is 0 Å². The summed E-state index contributed by atoms with van der Waals surface area (Å²) in [6.45, 7) is 3.78. The zero-order valence-electron chi connectivity index (χ0n) is 11.9. The van der Waals surface area contributed by atoms with Crippen molar-refractivity contribution < 1.29 is 9.53 Å². The molecule has 1 N–H and O–H groups in total. The summed E-state index contributed by atoms with van der Waals surface area (Å²) in [6, 6.07) is 8.44. The van der Waals surface area contributed by atoms with Crippen molar-refractivity contribution in [2.45, 2.75) is 32.6 Å². The van der Waals surface area contributed by atoms with E-state index in [9.17, 15) is 4.79 Å². The quantitative estimate of drug-likeness (QED) is 0.631. The van der Waals surface area contributed by atoms with Crippen LogP contribution in [0.15, 0.2) is 24.3 Å². The van der Waals surface area contributed by atoms with Crippen LogP contribution >= 0.6 is 0 Å². The monoisotopic (exact) mass is 261 g/mol. The van der Waals surface area contributed by atoms with E-state index in [4.69, 9.17) is 4.74 Å². The number of benzene rings is 1. The summed E-state index contributed by atoms with van der Waals surface area (Å²) >= 11 is 0. The van der Waals surface area contributed by atoms with Crippen molar-refractivity contribution in [2.75, 3.05) is 20.2 Å². The van der Waals surface area contributed by atoms with E-state index in [1.165, 1.54) is 18.2 Å². The fourth-order valence-corrected chi connectivity index (χ4v) is 2.71. The molecule has 0 bridgehead atoms. The number of carbonyl (C=O) groups excluding carboxylic acids is 1. The van der Waals surface area contributed by atoms with Gasteiger partial charge in [-0.05, 0) is 43.9 Å². The summed E-state index contributed by atoms with van der Waals surface area (Å²) in [5.74, 6) is -0.0536. The highest BCUT2D eigenvalue weighted by molar-refractivity contribution is 5.78. The second kappa shape index (κ2) is 6.20. The van der Waals surface area contributed by atoms with E-state index in [0.29, 0.717) is 0 Å². The standard InChI is InChI=1S/C16H23NO2/c1-13-6-3-4-7-14(13)8-11-17-12-16(9-5-10-16)15(18)19-2/h3-4,6-7,17H,5,8-12H2,1-2H3. The van der Waals surface area contributed by atoms with Gasteiger partial charge in [0.15, 0.2) is 0 Å². The third-order valence-electron chi connectivity index (χ3n) is 4.22. The van der Waals surface area contributed by atoms with Crippen LogP contribution in [0.25, 0.3) is 0 Å². The third-order valence-corrected chi connectivity index (χ3v) is 4.22. The van der Waals surface area contributed by atoms with Crippen molar-refractivity contribution in [3.05, 3.63) is 35.4 Å². The summed E-state index contributed by atoms with van der Waals surface area (Å²) < 4.78 is 4.91. The Bertz CT molecular complexity index is 438. The van der Waals surface area contributed by atoms with Gasteiger partial charge in [-0.15, -0.1) is 0 Å². The van der Waals surface area contributed by atoms with Gasteiger partial charge in [0.05, 0.1) is 12.5 Å². The Morgan fingerprint density at radius 2 is 2.11 bits per heavy atom. The lowest BCUT2D eigenvalue weighted by Crippen LogP contribution is -2.47. The average Bonchev–Trinajstić information content (AvgIpc) is 2.38. The summed E-state index contributed by atoms with van der Waals surface area (Å²) in [6.07, 6.45) is 4.05. The molecule has 19 heavy (non-hydrogen) atoms. The number of methoxy groups -OCH3 is 1. The Morgan fingerprint density at radius 3 is 2.68 bits per heavy atom. The van der Waals surface area contributed by atoms with E-state index >= 15 is 0 Å². The number of esters is 1. The van der Waals surface area contributed by atoms with Gasteiger partial charge in [0, 0.05) is 6.54 Å². The van der Waals surface area contributed by atoms with E-state index in [1.54, 1.807) is 0 Å². The molecule has 1 aliphatic carbocycles. The maximum atomic E-state index is 11.8. The van der Waals surface area contributed by atoms with Crippen molar-refractivity contribution in [3.8, 4) is 0 Å². The Balaban J connectivity index is 1.78. The maximum Gasteiger partial charge on any atom is 0.313 e. The van der Waals surface area contributed by atoms with Crippen LogP contribution in [-0.2, 0) is 16.0 Å². The average molecular weight is 261 g/mol. The van der Waals surface area contributed by atoms with Gasteiger partial charge in [-0.3, -0.25) is 4.79 Å². The highest BCUT2D eigenvalue weighted by Gasteiger charge is 2.44. The van der Waals surface area contributed by atoms with Gasteiger partial charge in [-0.1, -0.05) is 30.7 Å². The number of aryl methyl sites for hydroxylation is 1. The molecule has 1 saturated carbocycles. The smallest absolute Gasteiger partial charge is 0.313 e. The molecule has 2 rings (SSSR count). The number of hydrogen-bond acceptors (Lipinski definition) is 3. The molecular formula is C16H23NO2. The van der Waals surface area contributed by atoms with Crippen LogP contribution in [0.1, 0.15) is 30.4 Å². The molecule has 0 amide bonds. The van der Waals surface area contributed by atoms with Crippen LogP contribution in [0, 0.1) is 12.3 Å². The topological polar surface area (TPSA) is 38.3 Å². The largest absolute Gasteiger partial charge is 0.469 e. The highest BCUT2D eigenvalue weighted by atomic mass is 16.5. The number of ether oxygens (including phenoxy) is 1. The van der Waals surface area contributed by atoms with Gasteiger partial charge in [0.1, 0.15) is 0 Å². The van der Waals surface area contributed by atoms with Gasteiger partial charge in [0.2, 0.25) is 0 Å². The fourth-order valence-electron chi connectivity index (χ4n) is 2.71. The fraction of sp³-hybridized carbons (Fsp3) is 0.562. The molecule has 3 heteroatoms. The van der Waals surface area contributed by atoms with Crippen molar-refractivity contribution >= 4 is 5.97 Å². The normalized spacial score (nSPS) is 16.7. The molecule has 0 radical (unpaired) electrons. The zero-order valence-corrected chi connectivity index (χ0v) is 11.9. The molecule has 0 spiro atoms. The van der Waals surface area contributed by atoms with Crippen LogP contribution in [0.4, 0.5) is 0 Å². The first-order chi connectivity index (χ1) is 9.18. The Morgan fingerprint density at radius 1 is 1.37 bits per heavy atom. The first kappa shape index (κ1) is 14.1. The molecular weight excluding hydrogens is 238 g/mol. The lowest BCUT2D eigenvalue weighted by molar-refractivity contribution is -0.158. The lowest BCUT2D eigenvalue weighted by Gasteiger charge is -2.39. The van der Waals surface area contributed by atoms with Crippen LogP contribution in [0.3, 0.4) is 0 Å². The number of carbonyl (C=O) groups is 1. The molecule has 0 heterocycles.